The Morgan fingerprint density at radius 3 is 2.58 bits per heavy atom. The van der Waals surface area contributed by atoms with Crippen LogP contribution in [0.4, 0.5) is 10.1 Å². The molecular formula is C18H20FN3O2. The van der Waals surface area contributed by atoms with E-state index in [4.69, 9.17) is 0 Å². The summed E-state index contributed by atoms with van der Waals surface area (Å²) >= 11 is 0. The van der Waals surface area contributed by atoms with Crippen LogP contribution in [0, 0.1) is 5.82 Å². The first-order valence-corrected chi connectivity index (χ1v) is 8.08. The fourth-order valence-corrected chi connectivity index (χ4v) is 2.91. The Hall–Kier alpha value is -2.63. The largest absolute Gasteiger partial charge is 0.367 e. The van der Waals surface area contributed by atoms with Gasteiger partial charge >= 0.3 is 0 Å². The Morgan fingerprint density at radius 1 is 1.12 bits per heavy atom. The molecule has 0 aliphatic carbocycles. The van der Waals surface area contributed by atoms with Crippen LogP contribution in [-0.2, 0) is 11.2 Å². The number of nitrogens with one attached hydrogen (secondary N) is 1. The number of aryl methyl sites for hydroxylation is 1. The third kappa shape index (κ3) is 4.01. The molecule has 6 heteroatoms. The fourth-order valence-electron chi connectivity index (χ4n) is 2.91. The molecule has 0 radical (unpaired) electrons. The van der Waals surface area contributed by atoms with Gasteiger partial charge in [0, 0.05) is 44.9 Å². The van der Waals surface area contributed by atoms with E-state index in [0.29, 0.717) is 25.9 Å². The second-order valence-corrected chi connectivity index (χ2v) is 5.91. The molecule has 126 valence electrons. The van der Waals surface area contributed by atoms with Gasteiger partial charge < -0.3 is 14.8 Å². The minimum atomic E-state index is -0.269. The third-order valence-electron chi connectivity index (χ3n) is 4.28. The number of pyridine rings is 1. The van der Waals surface area contributed by atoms with Crippen LogP contribution in [0.15, 0.2) is 47.4 Å². The first-order chi connectivity index (χ1) is 11.6. The van der Waals surface area contributed by atoms with Crippen molar-refractivity contribution in [1.29, 1.82) is 0 Å². The van der Waals surface area contributed by atoms with Crippen LogP contribution in [0.1, 0.15) is 12.0 Å². The summed E-state index contributed by atoms with van der Waals surface area (Å²) in [5, 5.41) is 0. The quantitative estimate of drug-likeness (QED) is 0.930. The number of aromatic nitrogens is 1. The zero-order valence-corrected chi connectivity index (χ0v) is 13.4. The van der Waals surface area contributed by atoms with Crippen molar-refractivity contribution < 1.29 is 9.18 Å². The highest BCUT2D eigenvalue weighted by molar-refractivity contribution is 5.76. The fraction of sp³-hybridized carbons (Fsp3) is 0.333. The van der Waals surface area contributed by atoms with Crippen LogP contribution >= 0.6 is 0 Å². The lowest BCUT2D eigenvalue weighted by Gasteiger charge is -2.36. The number of carbonyl (C=O) groups is 1. The Labute approximate surface area is 139 Å². The van der Waals surface area contributed by atoms with Gasteiger partial charge in [-0.05, 0) is 30.2 Å². The smallest absolute Gasteiger partial charge is 0.248 e. The zero-order valence-electron chi connectivity index (χ0n) is 13.4. The maximum absolute atomic E-state index is 13.2. The molecule has 1 amide bonds. The number of nitrogens with zero attached hydrogens (tertiary/aromatic N) is 2. The minimum Gasteiger partial charge on any atom is -0.367 e. The van der Waals surface area contributed by atoms with Gasteiger partial charge in [-0.25, -0.2) is 4.39 Å². The second kappa shape index (κ2) is 7.29. The number of hydrogen-bond donors (Lipinski definition) is 1. The molecule has 1 N–H and O–H groups in total. The number of benzene rings is 1. The molecule has 1 saturated heterocycles. The highest BCUT2D eigenvalue weighted by atomic mass is 19.1. The van der Waals surface area contributed by atoms with Crippen LogP contribution in [0.2, 0.25) is 0 Å². The molecule has 0 atom stereocenters. The predicted molar refractivity (Wildman–Crippen MR) is 90.6 cm³/mol. The number of hydrogen-bond acceptors (Lipinski definition) is 3. The van der Waals surface area contributed by atoms with E-state index < -0.39 is 0 Å². The highest BCUT2D eigenvalue weighted by Gasteiger charge is 2.21. The Morgan fingerprint density at radius 2 is 1.92 bits per heavy atom. The van der Waals surface area contributed by atoms with E-state index in [1.54, 1.807) is 18.3 Å². The van der Waals surface area contributed by atoms with Crippen molar-refractivity contribution in [3.8, 4) is 0 Å². The normalized spacial score (nSPS) is 14.7. The molecule has 1 aliphatic heterocycles. The van der Waals surface area contributed by atoms with Crippen LogP contribution in [-0.4, -0.2) is 42.0 Å². The molecule has 3 rings (SSSR count). The number of piperazine rings is 1. The Bertz CT molecular complexity index is 746. The maximum atomic E-state index is 13.2. The average Bonchev–Trinajstić information content (AvgIpc) is 2.61. The van der Waals surface area contributed by atoms with Gasteiger partial charge in [0.15, 0.2) is 0 Å². The molecule has 24 heavy (non-hydrogen) atoms. The molecule has 2 aromatic rings. The number of H-pyrrole nitrogens is 1. The van der Waals surface area contributed by atoms with Crippen molar-refractivity contribution >= 4 is 11.6 Å². The standard InChI is InChI=1S/C18H20FN3O2/c19-15-3-1-2-14(12-15)4-7-18(24)22-10-8-21(9-11-22)16-5-6-17(23)20-13-16/h1-3,5-6,12-13H,4,7-11H2,(H,20,23). The topological polar surface area (TPSA) is 56.4 Å². The molecule has 0 unspecified atom stereocenters. The molecule has 0 saturated carbocycles. The van der Waals surface area contributed by atoms with Gasteiger partial charge in [-0.3, -0.25) is 9.59 Å². The van der Waals surface area contributed by atoms with Gasteiger partial charge in [-0.15, -0.1) is 0 Å². The predicted octanol–water partition coefficient (Wildman–Crippen LogP) is 1.80. The number of amides is 1. The van der Waals surface area contributed by atoms with Crippen molar-refractivity contribution in [2.24, 2.45) is 0 Å². The van der Waals surface area contributed by atoms with E-state index in [0.717, 1.165) is 24.3 Å². The third-order valence-corrected chi connectivity index (χ3v) is 4.28. The van der Waals surface area contributed by atoms with Crippen LogP contribution in [0.25, 0.3) is 0 Å². The van der Waals surface area contributed by atoms with Crippen molar-refractivity contribution in [2.75, 3.05) is 31.1 Å². The van der Waals surface area contributed by atoms with Crippen LogP contribution < -0.4 is 10.5 Å². The lowest BCUT2D eigenvalue weighted by atomic mass is 10.1. The van der Waals surface area contributed by atoms with E-state index in [9.17, 15) is 14.0 Å². The summed E-state index contributed by atoms with van der Waals surface area (Å²) in [5.74, 6) is -0.171. The highest BCUT2D eigenvalue weighted by Crippen LogP contribution is 2.15. The molecule has 1 aromatic heterocycles. The van der Waals surface area contributed by atoms with Crippen molar-refractivity contribution in [1.82, 2.24) is 9.88 Å². The zero-order chi connectivity index (χ0) is 16.9. The SMILES string of the molecule is O=C(CCc1cccc(F)c1)N1CCN(c2ccc(=O)[nH]c2)CC1. The Kier molecular flexibility index (Phi) is 4.93. The van der Waals surface area contributed by atoms with E-state index in [-0.39, 0.29) is 17.3 Å². The van der Waals surface area contributed by atoms with Crippen LogP contribution in [0.5, 0.6) is 0 Å². The first-order valence-electron chi connectivity index (χ1n) is 8.08. The molecule has 0 bridgehead atoms. The van der Waals surface area contributed by atoms with E-state index >= 15 is 0 Å². The van der Waals surface area contributed by atoms with E-state index in [1.165, 1.54) is 18.2 Å². The number of carbonyl (C=O) groups excluding carboxylic acids is 1. The van der Waals surface area contributed by atoms with Gasteiger partial charge in [0.25, 0.3) is 0 Å². The summed E-state index contributed by atoms with van der Waals surface area (Å²) in [6, 6.07) is 9.68. The average molecular weight is 329 g/mol. The summed E-state index contributed by atoms with van der Waals surface area (Å²) in [6.45, 7) is 2.78. The second-order valence-electron chi connectivity index (χ2n) is 5.91. The molecular weight excluding hydrogens is 309 g/mol. The number of rotatable bonds is 4. The summed E-state index contributed by atoms with van der Waals surface area (Å²) in [5.41, 5.74) is 1.68. The molecule has 5 nitrogen and oxygen atoms in total. The monoisotopic (exact) mass is 329 g/mol. The summed E-state index contributed by atoms with van der Waals surface area (Å²) in [6.07, 6.45) is 2.64. The molecule has 0 spiro atoms. The van der Waals surface area contributed by atoms with Gasteiger partial charge in [0.1, 0.15) is 5.82 Å². The minimum absolute atomic E-state index is 0.0976. The van der Waals surface area contributed by atoms with Crippen LogP contribution in [0.3, 0.4) is 0 Å². The van der Waals surface area contributed by atoms with Gasteiger partial charge in [-0.1, -0.05) is 12.1 Å². The first kappa shape index (κ1) is 16.2. The summed E-state index contributed by atoms with van der Waals surface area (Å²) in [7, 11) is 0. The molecule has 1 aromatic carbocycles. The maximum Gasteiger partial charge on any atom is 0.248 e. The number of aromatic amines is 1. The van der Waals surface area contributed by atoms with Gasteiger partial charge in [-0.2, -0.15) is 0 Å². The lowest BCUT2D eigenvalue weighted by Crippen LogP contribution is -2.49. The summed E-state index contributed by atoms with van der Waals surface area (Å²) < 4.78 is 13.2. The summed E-state index contributed by atoms with van der Waals surface area (Å²) in [4.78, 5) is 30.1. The van der Waals surface area contributed by atoms with Crippen molar-refractivity contribution in [2.45, 2.75) is 12.8 Å². The van der Waals surface area contributed by atoms with Gasteiger partial charge in [0.05, 0.1) is 5.69 Å². The molecule has 1 fully saturated rings. The number of anilines is 1. The van der Waals surface area contributed by atoms with Crippen molar-refractivity contribution in [3.05, 3.63) is 64.3 Å². The van der Waals surface area contributed by atoms with Crippen molar-refractivity contribution in [3.63, 3.8) is 0 Å². The van der Waals surface area contributed by atoms with E-state index in [2.05, 4.69) is 9.88 Å². The van der Waals surface area contributed by atoms with E-state index in [1.807, 2.05) is 11.0 Å². The van der Waals surface area contributed by atoms with Gasteiger partial charge in [0.2, 0.25) is 11.5 Å². The Balaban J connectivity index is 1.50. The molecule has 1 aliphatic rings. The number of halogens is 1. The lowest BCUT2D eigenvalue weighted by molar-refractivity contribution is -0.131. The molecule has 2 heterocycles.